The highest BCUT2D eigenvalue weighted by molar-refractivity contribution is 7.98. The van der Waals surface area contributed by atoms with E-state index in [1.165, 1.54) is 17.7 Å². The maximum Gasteiger partial charge on any atom is 0.161 e. The summed E-state index contributed by atoms with van der Waals surface area (Å²) in [5.74, 6) is 0.748. The summed E-state index contributed by atoms with van der Waals surface area (Å²) >= 11 is 8.03. The molecule has 0 saturated heterocycles. The molecule has 2 nitrogen and oxygen atoms in total. The van der Waals surface area contributed by atoms with Gasteiger partial charge in [0.2, 0.25) is 0 Å². The van der Waals surface area contributed by atoms with Crippen LogP contribution in [0.1, 0.15) is 24.1 Å². The lowest BCUT2D eigenvalue weighted by molar-refractivity contribution is 0.663. The molecule has 0 saturated carbocycles. The van der Waals surface area contributed by atoms with Gasteiger partial charge in [0.05, 0.1) is 0 Å². The number of halogens is 1. The highest BCUT2D eigenvalue weighted by Crippen LogP contribution is 2.28. The van der Waals surface area contributed by atoms with Crippen LogP contribution in [0.2, 0.25) is 5.15 Å². The van der Waals surface area contributed by atoms with E-state index in [1.54, 1.807) is 11.8 Å². The zero-order chi connectivity index (χ0) is 13.2. The van der Waals surface area contributed by atoms with E-state index in [0.717, 1.165) is 35.5 Å². The van der Waals surface area contributed by atoms with Gasteiger partial charge in [-0.3, -0.25) is 0 Å². The zero-order valence-corrected chi connectivity index (χ0v) is 12.4. The van der Waals surface area contributed by atoms with Crippen molar-refractivity contribution < 1.29 is 0 Å². The van der Waals surface area contributed by atoms with Crippen molar-refractivity contribution >= 4 is 23.4 Å². The van der Waals surface area contributed by atoms with Gasteiger partial charge in [-0.1, -0.05) is 23.7 Å². The van der Waals surface area contributed by atoms with Crippen LogP contribution in [0.4, 0.5) is 0 Å². The Labute approximate surface area is 122 Å². The van der Waals surface area contributed by atoms with E-state index < -0.39 is 0 Å². The first-order chi connectivity index (χ1) is 9.28. The third kappa shape index (κ3) is 2.63. The van der Waals surface area contributed by atoms with Gasteiger partial charge in [-0.15, -0.1) is 11.8 Å². The number of rotatable bonds is 2. The lowest BCUT2D eigenvalue weighted by Gasteiger charge is -2.16. The van der Waals surface area contributed by atoms with Crippen LogP contribution in [0.3, 0.4) is 0 Å². The highest BCUT2D eigenvalue weighted by atomic mass is 35.5. The van der Waals surface area contributed by atoms with Crippen LogP contribution < -0.4 is 0 Å². The Hall–Kier alpha value is -1.06. The number of nitrogens with zero attached hydrogens (tertiary/aromatic N) is 2. The van der Waals surface area contributed by atoms with Crippen molar-refractivity contribution in [1.29, 1.82) is 0 Å². The van der Waals surface area contributed by atoms with Gasteiger partial charge in [-0.05, 0) is 44.1 Å². The maximum absolute atomic E-state index is 6.30. The highest BCUT2D eigenvalue weighted by Gasteiger charge is 2.17. The van der Waals surface area contributed by atoms with Crippen molar-refractivity contribution in [3.8, 4) is 11.4 Å². The van der Waals surface area contributed by atoms with Crippen LogP contribution in [-0.2, 0) is 12.8 Å². The van der Waals surface area contributed by atoms with E-state index >= 15 is 0 Å². The number of thioether (sulfide) groups is 1. The van der Waals surface area contributed by atoms with Crippen LogP contribution in [-0.4, -0.2) is 16.2 Å². The van der Waals surface area contributed by atoms with Crippen LogP contribution in [0.25, 0.3) is 11.4 Å². The monoisotopic (exact) mass is 290 g/mol. The molecule has 1 aliphatic carbocycles. The first kappa shape index (κ1) is 12.9. The van der Waals surface area contributed by atoms with Gasteiger partial charge in [0, 0.05) is 21.7 Å². The second-order valence-corrected chi connectivity index (χ2v) is 5.94. The summed E-state index contributed by atoms with van der Waals surface area (Å²) in [6.07, 6.45) is 6.50. The first-order valence-corrected chi connectivity index (χ1v) is 8.08. The van der Waals surface area contributed by atoms with Gasteiger partial charge in [0.15, 0.2) is 5.82 Å². The molecule has 4 heteroatoms. The molecular formula is C15H15ClN2S. The third-order valence-corrected chi connectivity index (χ3v) is 4.54. The molecular weight excluding hydrogens is 276 g/mol. The van der Waals surface area contributed by atoms with E-state index in [9.17, 15) is 0 Å². The molecule has 0 aliphatic heterocycles. The number of hydrogen-bond acceptors (Lipinski definition) is 3. The van der Waals surface area contributed by atoms with Gasteiger partial charge in [-0.2, -0.15) is 0 Å². The molecule has 0 unspecified atom stereocenters. The van der Waals surface area contributed by atoms with Crippen molar-refractivity contribution in [1.82, 2.24) is 9.97 Å². The SMILES string of the molecule is CSc1ccc(-c2nc(Cl)c3c(n2)CCCC3)cc1. The molecule has 3 rings (SSSR count). The van der Waals surface area contributed by atoms with Gasteiger partial charge in [-0.25, -0.2) is 9.97 Å². The molecule has 98 valence electrons. The van der Waals surface area contributed by atoms with E-state index in [0.29, 0.717) is 5.15 Å². The predicted molar refractivity (Wildman–Crippen MR) is 80.9 cm³/mol. The van der Waals surface area contributed by atoms with Crippen LogP contribution in [0, 0.1) is 0 Å². The minimum absolute atomic E-state index is 0.633. The summed E-state index contributed by atoms with van der Waals surface area (Å²) in [4.78, 5) is 10.4. The Morgan fingerprint density at radius 1 is 1.05 bits per heavy atom. The average Bonchev–Trinajstić information content (AvgIpc) is 2.47. The van der Waals surface area contributed by atoms with E-state index in [-0.39, 0.29) is 0 Å². The lowest BCUT2D eigenvalue weighted by Crippen LogP contribution is -2.08. The average molecular weight is 291 g/mol. The molecule has 1 aromatic heterocycles. The van der Waals surface area contributed by atoms with Crippen LogP contribution >= 0.6 is 23.4 Å². The Kier molecular flexibility index (Phi) is 3.76. The van der Waals surface area contributed by atoms with E-state index in [1.807, 2.05) is 0 Å². The van der Waals surface area contributed by atoms with Crippen LogP contribution in [0.5, 0.6) is 0 Å². The summed E-state index contributed by atoms with van der Waals surface area (Å²) in [5, 5.41) is 0.633. The fraction of sp³-hybridized carbons (Fsp3) is 0.333. The number of fused-ring (bicyclic) bond motifs is 1. The maximum atomic E-state index is 6.30. The van der Waals surface area contributed by atoms with Gasteiger partial charge < -0.3 is 0 Å². The molecule has 2 aromatic rings. The van der Waals surface area contributed by atoms with Crippen molar-refractivity contribution in [3.63, 3.8) is 0 Å². The van der Waals surface area contributed by atoms with Gasteiger partial charge in [0.1, 0.15) is 5.15 Å². The van der Waals surface area contributed by atoms with E-state index in [2.05, 4.69) is 35.5 Å². The summed E-state index contributed by atoms with van der Waals surface area (Å²) in [7, 11) is 0. The van der Waals surface area contributed by atoms with E-state index in [4.69, 9.17) is 16.6 Å². The number of hydrogen-bond donors (Lipinski definition) is 0. The Morgan fingerprint density at radius 2 is 1.79 bits per heavy atom. The molecule has 0 radical (unpaired) electrons. The fourth-order valence-corrected chi connectivity index (χ4v) is 3.11. The third-order valence-electron chi connectivity index (χ3n) is 3.48. The summed E-state index contributed by atoms with van der Waals surface area (Å²) in [6.45, 7) is 0. The normalized spacial score (nSPS) is 14.2. The molecule has 0 fully saturated rings. The second-order valence-electron chi connectivity index (χ2n) is 4.70. The molecule has 1 aromatic carbocycles. The quantitative estimate of drug-likeness (QED) is 0.606. The van der Waals surface area contributed by atoms with Gasteiger partial charge >= 0.3 is 0 Å². The van der Waals surface area contributed by atoms with Crippen molar-refractivity contribution in [2.24, 2.45) is 0 Å². The summed E-state index contributed by atoms with van der Waals surface area (Å²) in [6, 6.07) is 8.31. The smallest absolute Gasteiger partial charge is 0.161 e. The zero-order valence-electron chi connectivity index (χ0n) is 10.8. The second kappa shape index (κ2) is 5.51. The molecule has 0 atom stereocenters. The molecule has 0 bridgehead atoms. The molecule has 1 aliphatic rings. The van der Waals surface area contributed by atoms with Crippen molar-refractivity contribution in [3.05, 3.63) is 40.7 Å². The molecule has 0 amide bonds. The minimum Gasteiger partial charge on any atom is -0.233 e. The summed E-state index contributed by atoms with van der Waals surface area (Å²) in [5.41, 5.74) is 3.32. The van der Waals surface area contributed by atoms with Crippen molar-refractivity contribution in [2.45, 2.75) is 30.6 Å². The Bertz CT molecular complexity index is 596. The first-order valence-electron chi connectivity index (χ1n) is 6.47. The largest absolute Gasteiger partial charge is 0.233 e. The Morgan fingerprint density at radius 3 is 2.53 bits per heavy atom. The Balaban J connectivity index is 2.02. The minimum atomic E-state index is 0.633. The predicted octanol–water partition coefficient (Wildman–Crippen LogP) is 4.40. The fourth-order valence-electron chi connectivity index (χ4n) is 2.42. The van der Waals surface area contributed by atoms with Crippen LogP contribution in [0.15, 0.2) is 29.2 Å². The number of aryl methyl sites for hydroxylation is 1. The van der Waals surface area contributed by atoms with Crippen molar-refractivity contribution in [2.75, 3.05) is 6.26 Å². The lowest BCUT2D eigenvalue weighted by atomic mass is 9.97. The standard InChI is InChI=1S/C15H15ClN2S/c1-19-11-8-6-10(7-9-11)15-17-13-5-3-2-4-12(13)14(16)18-15/h6-9H,2-5H2,1H3. The number of benzene rings is 1. The topological polar surface area (TPSA) is 25.8 Å². The molecule has 0 N–H and O–H groups in total. The summed E-state index contributed by atoms with van der Waals surface area (Å²) < 4.78 is 0. The molecule has 1 heterocycles. The number of aromatic nitrogens is 2. The molecule has 0 spiro atoms. The van der Waals surface area contributed by atoms with Gasteiger partial charge in [0.25, 0.3) is 0 Å². The molecule has 19 heavy (non-hydrogen) atoms.